The van der Waals surface area contributed by atoms with Crippen molar-refractivity contribution in [3.63, 3.8) is 0 Å². The lowest BCUT2D eigenvalue weighted by molar-refractivity contribution is -0.154. The van der Waals surface area contributed by atoms with E-state index in [0.29, 0.717) is 23.5 Å². The largest absolute Gasteiger partial charge is 0.448 e. The Morgan fingerprint density at radius 3 is 2.54 bits per heavy atom. The molecular formula is C33H28N6O6S3. The molecule has 1 fully saturated rings. The van der Waals surface area contributed by atoms with Crippen molar-refractivity contribution < 1.29 is 28.8 Å². The van der Waals surface area contributed by atoms with Gasteiger partial charge in [-0.25, -0.2) is 9.78 Å². The maximum absolute atomic E-state index is 14.1. The van der Waals surface area contributed by atoms with E-state index in [0.717, 1.165) is 22.5 Å². The van der Waals surface area contributed by atoms with Crippen LogP contribution >= 0.6 is 34.9 Å². The number of fused-ring (bicyclic) bond motifs is 1. The number of oxime groups is 1. The van der Waals surface area contributed by atoms with E-state index in [2.05, 4.69) is 27.4 Å². The maximum Gasteiger partial charge on any atom is 0.356 e. The van der Waals surface area contributed by atoms with Gasteiger partial charge in [0, 0.05) is 23.0 Å². The lowest BCUT2D eigenvalue weighted by Gasteiger charge is -2.49. The molecule has 0 aliphatic carbocycles. The van der Waals surface area contributed by atoms with Crippen LogP contribution in [0.3, 0.4) is 0 Å². The van der Waals surface area contributed by atoms with Crippen molar-refractivity contribution in [3.8, 4) is 6.07 Å². The van der Waals surface area contributed by atoms with Crippen molar-refractivity contribution in [1.82, 2.24) is 15.2 Å². The fraction of sp³-hybridized carbons (Fsp3) is 0.182. The van der Waals surface area contributed by atoms with E-state index < -0.39 is 35.3 Å². The number of carbonyl (C=O) groups is 4. The Labute approximate surface area is 288 Å². The van der Waals surface area contributed by atoms with E-state index in [1.54, 1.807) is 5.41 Å². The number of esters is 1. The molecule has 2 aromatic carbocycles. The molecule has 2 N–H and O–H groups in total. The van der Waals surface area contributed by atoms with Crippen LogP contribution in [0.25, 0.3) is 0 Å². The SMILES string of the molecule is C=CCON=C(C(=O)NC1C(=O)N2C(C(=O)OC(c3ccccc3)c3ccccc3)=C(CS/C=C/C#N)CS[C@H]12)c1csc(NC=O)n1. The van der Waals surface area contributed by atoms with Gasteiger partial charge < -0.3 is 20.2 Å². The molecule has 0 radical (unpaired) electrons. The van der Waals surface area contributed by atoms with Gasteiger partial charge in [0.2, 0.25) is 6.41 Å². The molecule has 1 aromatic heterocycles. The van der Waals surface area contributed by atoms with Crippen LogP contribution in [-0.2, 0) is 28.8 Å². The van der Waals surface area contributed by atoms with Crippen LogP contribution in [0, 0.1) is 11.3 Å². The van der Waals surface area contributed by atoms with Gasteiger partial charge in [0.1, 0.15) is 29.4 Å². The van der Waals surface area contributed by atoms with Crippen LogP contribution in [0.5, 0.6) is 0 Å². The van der Waals surface area contributed by atoms with Crippen LogP contribution in [0.2, 0.25) is 0 Å². The summed E-state index contributed by atoms with van der Waals surface area (Å²) in [5.74, 6) is -1.22. The second-order valence-electron chi connectivity index (χ2n) is 9.99. The summed E-state index contributed by atoms with van der Waals surface area (Å²) in [6, 6.07) is 19.5. The monoisotopic (exact) mass is 700 g/mol. The molecule has 15 heteroatoms. The predicted octanol–water partition coefficient (Wildman–Crippen LogP) is 4.38. The fourth-order valence-electron chi connectivity index (χ4n) is 4.82. The number of nitrogens with one attached hydrogen (secondary N) is 2. The standard InChI is InChI=1S/C33H28N6O6S3/c1-2-15-44-38-25(24-19-48-33(36-24)35-20-40)29(41)37-26-30(42)39-27(23(18-47-31(26)39)17-46-16-9-14-34)32(43)45-28(21-10-5-3-6-11-21)22-12-7-4-8-13-22/h2-13,16,19-20,26,28,31H,1,15,17-18H2,(H,37,41)(H,35,36,40)/b16-9+,38-25?/t26?,31-/m1/s1. The fourth-order valence-corrected chi connectivity index (χ4v) is 7.65. The number of nitriles is 1. The Hall–Kier alpha value is -5.17. The van der Waals surface area contributed by atoms with Gasteiger partial charge >= 0.3 is 5.97 Å². The van der Waals surface area contributed by atoms with Gasteiger partial charge in [0.05, 0.1) is 6.07 Å². The number of anilines is 1. The van der Waals surface area contributed by atoms with Gasteiger partial charge in [-0.1, -0.05) is 78.5 Å². The molecule has 244 valence electrons. The third-order valence-corrected chi connectivity index (χ3v) is 9.90. The number of rotatable bonds is 15. The van der Waals surface area contributed by atoms with Crippen molar-refractivity contribution in [3.05, 3.63) is 118 Å². The molecule has 2 aliphatic rings. The Kier molecular flexibility index (Phi) is 11.8. The smallest absolute Gasteiger partial charge is 0.356 e. The lowest BCUT2D eigenvalue weighted by Crippen LogP contribution is -2.71. The van der Waals surface area contributed by atoms with Crippen molar-refractivity contribution in [2.75, 3.05) is 23.4 Å². The quantitative estimate of drug-likeness (QED) is 0.0340. The molecule has 3 amide bonds. The normalized spacial score (nSPS) is 17.3. The van der Waals surface area contributed by atoms with Gasteiger partial charge in [0.15, 0.2) is 16.9 Å². The number of β-lactam (4-membered cyclic amide) rings is 1. The number of allylic oxidation sites excluding steroid dienone is 1. The number of aromatic nitrogens is 1. The molecule has 5 rings (SSSR count). The average molecular weight is 701 g/mol. The van der Waals surface area contributed by atoms with Crippen LogP contribution in [0.4, 0.5) is 5.13 Å². The van der Waals surface area contributed by atoms with Crippen molar-refractivity contribution >= 4 is 69.9 Å². The first-order valence-electron chi connectivity index (χ1n) is 14.4. The number of ether oxygens (including phenoxy) is 1. The summed E-state index contributed by atoms with van der Waals surface area (Å²) in [6.07, 6.45) is 2.50. The third-order valence-electron chi connectivity index (χ3n) is 6.95. The van der Waals surface area contributed by atoms with Crippen molar-refractivity contribution in [1.29, 1.82) is 5.26 Å². The molecule has 3 aromatic rings. The minimum atomic E-state index is -0.993. The molecule has 2 aliphatic heterocycles. The topological polar surface area (TPSA) is 163 Å². The molecule has 2 atom stereocenters. The van der Waals surface area contributed by atoms with Crippen LogP contribution in [0.1, 0.15) is 22.9 Å². The molecule has 0 saturated carbocycles. The van der Waals surface area contributed by atoms with Crippen LogP contribution < -0.4 is 10.6 Å². The number of thioether (sulfide) groups is 2. The zero-order valence-electron chi connectivity index (χ0n) is 25.2. The van der Waals surface area contributed by atoms with Gasteiger partial charge in [-0.3, -0.25) is 19.3 Å². The zero-order valence-corrected chi connectivity index (χ0v) is 27.6. The summed E-state index contributed by atoms with van der Waals surface area (Å²) >= 11 is 3.78. The summed E-state index contributed by atoms with van der Waals surface area (Å²) in [5, 5.41) is 20.7. The first kappa shape index (κ1) is 34.2. The third kappa shape index (κ3) is 7.85. The van der Waals surface area contributed by atoms with Crippen molar-refractivity contribution in [2.45, 2.75) is 17.5 Å². The minimum Gasteiger partial charge on any atom is -0.448 e. The Balaban J connectivity index is 1.41. The Bertz CT molecular complexity index is 1760. The summed E-state index contributed by atoms with van der Waals surface area (Å²) in [6.45, 7) is 3.58. The van der Waals surface area contributed by atoms with Gasteiger partial charge in [-0.15, -0.1) is 34.9 Å². The number of thiazole rings is 1. The van der Waals surface area contributed by atoms with Gasteiger partial charge in [0.25, 0.3) is 11.8 Å². The van der Waals surface area contributed by atoms with E-state index in [1.165, 1.54) is 46.0 Å². The summed E-state index contributed by atoms with van der Waals surface area (Å²) < 4.78 is 6.16. The highest BCUT2D eigenvalue weighted by molar-refractivity contribution is 8.02. The molecule has 0 spiro atoms. The number of amides is 3. The van der Waals surface area contributed by atoms with Gasteiger partial charge in [-0.2, -0.15) is 5.26 Å². The number of benzene rings is 2. The molecule has 1 unspecified atom stereocenters. The highest BCUT2D eigenvalue weighted by Gasteiger charge is 2.55. The van der Waals surface area contributed by atoms with E-state index in [4.69, 9.17) is 14.8 Å². The zero-order chi connectivity index (χ0) is 33.9. The Morgan fingerprint density at radius 2 is 1.90 bits per heavy atom. The van der Waals surface area contributed by atoms with E-state index in [1.807, 2.05) is 66.7 Å². The summed E-state index contributed by atoms with van der Waals surface area (Å²) in [4.78, 5) is 62.9. The number of carbonyl (C=O) groups excluding carboxylic acids is 4. The molecule has 3 heterocycles. The van der Waals surface area contributed by atoms with Crippen molar-refractivity contribution in [2.24, 2.45) is 5.16 Å². The van der Waals surface area contributed by atoms with E-state index in [9.17, 15) is 19.2 Å². The maximum atomic E-state index is 14.1. The van der Waals surface area contributed by atoms with Crippen LogP contribution in [-0.4, -0.2) is 69.3 Å². The van der Waals surface area contributed by atoms with Gasteiger partial charge in [-0.05, 0) is 22.1 Å². The molecular weight excluding hydrogens is 673 g/mol. The number of hydrogen-bond donors (Lipinski definition) is 2. The lowest BCUT2D eigenvalue weighted by atomic mass is 10.0. The Morgan fingerprint density at radius 1 is 1.19 bits per heavy atom. The first-order chi connectivity index (χ1) is 23.5. The van der Waals surface area contributed by atoms with E-state index in [-0.39, 0.29) is 28.8 Å². The van der Waals surface area contributed by atoms with Crippen LogP contribution in [0.15, 0.2) is 107 Å². The molecule has 12 nitrogen and oxygen atoms in total. The predicted molar refractivity (Wildman–Crippen MR) is 185 cm³/mol. The molecule has 48 heavy (non-hydrogen) atoms. The minimum absolute atomic E-state index is 0.0164. The number of hydrogen-bond acceptors (Lipinski definition) is 12. The van der Waals surface area contributed by atoms with E-state index >= 15 is 0 Å². The highest BCUT2D eigenvalue weighted by Crippen LogP contribution is 2.42. The first-order valence-corrected chi connectivity index (χ1v) is 17.4. The second kappa shape index (κ2) is 16.6. The molecule has 1 saturated heterocycles. The second-order valence-corrected chi connectivity index (χ2v) is 12.8. The number of nitrogens with zero attached hydrogens (tertiary/aromatic N) is 4. The average Bonchev–Trinajstić information content (AvgIpc) is 3.58. The highest BCUT2D eigenvalue weighted by atomic mass is 32.2. The summed E-state index contributed by atoms with van der Waals surface area (Å²) in [5.41, 5.74) is 2.20. The molecule has 0 bridgehead atoms. The summed E-state index contributed by atoms with van der Waals surface area (Å²) in [7, 11) is 0.